The fourth-order valence-electron chi connectivity index (χ4n) is 1.39. The lowest BCUT2D eigenvalue weighted by Gasteiger charge is -2.17. The maximum Gasteiger partial charge on any atom is 0.349 e. The molecule has 0 aromatic rings. The molecule has 16 heavy (non-hydrogen) atoms. The van der Waals surface area contributed by atoms with Crippen LogP contribution in [0.5, 0.6) is 0 Å². The first kappa shape index (κ1) is 12.4. The smallest absolute Gasteiger partial charge is 0.349 e. The third-order valence-electron chi connectivity index (χ3n) is 2.20. The monoisotopic (exact) mass is 225 g/mol. The number of ketones is 1. The van der Waals surface area contributed by atoms with E-state index in [0.717, 1.165) is 0 Å². The van der Waals surface area contributed by atoms with Gasteiger partial charge in [0.25, 0.3) is 0 Å². The fourth-order valence-corrected chi connectivity index (χ4v) is 1.39. The molecule has 88 valence electrons. The quantitative estimate of drug-likeness (QED) is 0.337. The minimum Gasteiger partial charge on any atom is -0.427 e. The van der Waals surface area contributed by atoms with Crippen LogP contribution in [0.2, 0.25) is 0 Å². The van der Waals surface area contributed by atoms with Gasteiger partial charge in [-0.25, -0.2) is 4.79 Å². The molecule has 1 rings (SSSR count). The van der Waals surface area contributed by atoms with Crippen LogP contribution in [0.15, 0.2) is 23.1 Å². The summed E-state index contributed by atoms with van der Waals surface area (Å²) in [6.45, 7) is 3.63. The molecule has 0 aromatic carbocycles. The van der Waals surface area contributed by atoms with Crippen molar-refractivity contribution in [2.45, 2.75) is 26.7 Å². The van der Waals surface area contributed by atoms with E-state index in [1.54, 1.807) is 0 Å². The Morgan fingerprint density at radius 1 is 1.44 bits per heavy atom. The number of hydroxylamine groups is 1. The number of ether oxygens (including phenoxy) is 1. The maximum absolute atomic E-state index is 11.7. The summed E-state index contributed by atoms with van der Waals surface area (Å²) in [6.07, 6.45) is 2.34. The van der Waals surface area contributed by atoms with E-state index in [1.807, 2.05) is 13.8 Å². The van der Waals surface area contributed by atoms with Gasteiger partial charge in [-0.1, -0.05) is 13.8 Å². The molecule has 0 aromatic heterocycles. The van der Waals surface area contributed by atoms with E-state index in [2.05, 4.69) is 5.48 Å². The van der Waals surface area contributed by atoms with E-state index in [0.29, 0.717) is 24.3 Å². The Hall–Kier alpha value is -1.62. The van der Waals surface area contributed by atoms with Gasteiger partial charge < -0.3 is 4.74 Å². The lowest BCUT2D eigenvalue weighted by Crippen LogP contribution is -2.26. The van der Waals surface area contributed by atoms with Crippen molar-refractivity contribution in [2.24, 2.45) is 0 Å². The number of rotatable bonds is 4. The second-order valence-electron chi connectivity index (χ2n) is 3.23. The molecule has 0 spiro atoms. The lowest BCUT2D eigenvalue weighted by atomic mass is 10.0. The Labute approximate surface area is 94.1 Å². The number of hydrogen-bond donors (Lipinski definition) is 1. The average molecular weight is 225 g/mol. The zero-order chi connectivity index (χ0) is 12.1. The number of esters is 1. The van der Waals surface area contributed by atoms with Crippen LogP contribution >= 0.6 is 0 Å². The highest BCUT2D eigenvalue weighted by molar-refractivity contribution is 6.24. The second-order valence-corrected chi connectivity index (χ2v) is 3.23. The van der Waals surface area contributed by atoms with Crippen LogP contribution in [0.4, 0.5) is 0 Å². The van der Waals surface area contributed by atoms with E-state index in [-0.39, 0.29) is 11.4 Å². The number of cyclic esters (lactones) is 1. The Morgan fingerprint density at radius 2 is 2.12 bits per heavy atom. The summed E-state index contributed by atoms with van der Waals surface area (Å²) in [5.41, 5.74) is 2.97. The van der Waals surface area contributed by atoms with Crippen LogP contribution in [-0.4, -0.2) is 18.9 Å². The Bertz CT molecular complexity index is 368. The van der Waals surface area contributed by atoms with E-state index in [9.17, 15) is 9.59 Å². The van der Waals surface area contributed by atoms with Gasteiger partial charge in [0.1, 0.15) is 11.3 Å². The molecule has 1 N–H and O–H groups in total. The van der Waals surface area contributed by atoms with Gasteiger partial charge in [0.05, 0.1) is 12.8 Å². The van der Waals surface area contributed by atoms with Crippen LogP contribution in [0.25, 0.3) is 0 Å². The van der Waals surface area contributed by atoms with Gasteiger partial charge in [0.2, 0.25) is 0 Å². The summed E-state index contributed by atoms with van der Waals surface area (Å²) in [4.78, 5) is 28.0. The molecule has 0 amide bonds. The largest absolute Gasteiger partial charge is 0.427 e. The van der Waals surface area contributed by atoms with E-state index in [1.165, 1.54) is 13.2 Å². The van der Waals surface area contributed by atoms with E-state index in [4.69, 9.17) is 9.57 Å². The number of carbonyl (C=O) groups is 2. The molecule has 5 nitrogen and oxygen atoms in total. The summed E-state index contributed by atoms with van der Waals surface area (Å²) < 4.78 is 5.00. The molecule has 0 aliphatic carbocycles. The number of hydrogen-bond acceptors (Lipinski definition) is 5. The molecular weight excluding hydrogens is 210 g/mol. The molecule has 0 atom stereocenters. The summed E-state index contributed by atoms with van der Waals surface area (Å²) >= 11 is 0. The van der Waals surface area contributed by atoms with Crippen LogP contribution in [0, 0.1) is 0 Å². The predicted molar refractivity (Wildman–Crippen MR) is 56.9 cm³/mol. The van der Waals surface area contributed by atoms with Gasteiger partial charge in [-0.15, -0.1) is 0 Å². The third-order valence-corrected chi connectivity index (χ3v) is 2.20. The van der Waals surface area contributed by atoms with Gasteiger partial charge in [-0.2, -0.15) is 0 Å². The zero-order valence-electron chi connectivity index (χ0n) is 9.62. The van der Waals surface area contributed by atoms with Crippen LogP contribution < -0.4 is 5.48 Å². The highest BCUT2D eigenvalue weighted by atomic mass is 16.6. The summed E-state index contributed by atoms with van der Waals surface area (Å²) in [7, 11) is 1.42. The van der Waals surface area contributed by atoms with Crippen molar-refractivity contribution < 1.29 is 19.2 Å². The molecule has 1 aliphatic heterocycles. The number of nitrogens with one attached hydrogen (secondary N) is 1. The predicted octanol–water partition coefficient (Wildman–Crippen LogP) is 1.22. The molecule has 0 radical (unpaired) electrons. The lowest BCUT2D eigenvalue weighted by molar-refractivity contribution is -0.138. The number of carbonyl (C=O) groups excluding carboxylic acids is 2. The molecule has 5 heteroatoms. The number of allylic oxidation sites excluding steroid dienone is 3. The molecule has 1 aliphatic rings. The Balaban J connectivity index is 3.10. The van der Waals surface area contributed by atoms with Crippen LogP contribution in [0.1, 0.15) is 26.7 Å². The highest BCUT2D eigenvalue weighted by Gasteiger charge is 2.28. The molecule has 0 saturated heterocycles. The van der Waals surface area contributed by atoms with Crippen molar-refractivity contribution in [2.75, 3.05) is 7.11 Å². The van der Waals surface area contributed by atoms with Crippen LogP contribution in [0.3, 0.4) is 0 Å². The minimum atomic E-state index is -0.620. The van der Waals surface area contributed by atoms with Crippen molar-refractivity contribution in [3.8, 4) is 0 Å². The Morgan fingerprint density at radius 3 is 2.56 bits per heavy atom. The first-order valence-electron chi connectivity index (χ1n) is 5.13. The van der Waals surface area contributed by atoms with Gasteiger partial charge in [-0.05, 0) is 6.42 Å². The summed E-state index contributed by atoms with van der Waals surface area (Å²) in [5, 5.41) is 0. The summed E-state index contributed by atoms with van der Waals surface area (Å²) in [5.74, 6) is -0.563. The SMILES string of the molecule is CCC1=CC(=O)C(=C(CC)NOC)C(=O)O1. The van der Waals surface area contributed by atoms with Crippen molar-refractivity contribution >= 4 is 11.8 Å². The standard InChI is InChI=1S/C11H15NO4/c1-4-7-6-9(13)10(11(14)16-7)8(5-2)12-15-3/h6,12H,4-5H2,1-3H3. The van der Waals surface area contributed by atoms with E-state index >= 15 is 0 Å². The van der Waals surface area contributed by atoms with Crippen molar-refractivity contribution in [3.63, 3.8) is 0 Å². The molecular formula is C11H15NO4. The third kappa shape index (κ3) is 2.49. The van der Waals surface area contributed by atoms with Gasteiger partial charge >= 0.3 is 5.97 Å². The maximum atomic E-state index is 11.7. The first-order valence-corrected chi connectivity index (χ1v) is 5.13. The van der Waals surface area contributed by atoms with Crippen LogP contribution in [-0.2, 0) is 19.2 Å². The first-order chi connectivity index (χ1) is 7.63. The summed E-state index contributed by atoms with van der Waals surface area (Å²) in [6, 6.07) is 0. The second kappa shape index (κ2) is 5.46. The normalized spacial score (nSPS) is 19.1. The average Bonchev–Trinajstić information content (AvgIpc) is 2.26. The molecule has 1 heterocycles. The van der Waals surface area contributed by atoms with Crippen molar-refractivity contribution in [1.82, 2.24) is 5.48 Å². The van der Waals surface area contributed by atoms with Gasteiger partial charge in [0, 0.05) is 12.5 Å². The molecule has 0 fully saturated rings. The van der Waals surface area contributed by atoms with Crippen molar-refractivity contribution in [1.29, 1.82) is 0 Å². The van der Waals surface area contributed by atoms with Gasteiger partial charge in [0.15, 0.2) is 5.78 Å². The van der Waals surface area contributed by atoms with E-state index < -0.39 is 5.97 Å². The topological polar surface area (TPSA) is 64.6 Å². The van der Waals surface area contributed by atoms with Gasteiger partial charge in [-0.3, -0.25) is 15.1 Å². The fraction of sp³-hybridized carbons (Fsp3) is 0.455. The highest BCUT2D eigenvalue weighted by Crippen LogP contribution is 2.19. The molecule has 0 saturated carbocycles. The molecule has 0 unspecified atom stereocenters. The minimum absolute atomic E-state index is 0.0153. The molecule has 0 bridgehead atoms. The zero-order valence-corrected chi connectivity index (χ0v) is 9.62. The van der Waals surface area contributed by atoms with Crippen molar-refractivity contribution in [3.05, 3.63) is 23.1 Å². The Kier molecular flexibility index (Phi) is 4.25.